The fourth-order valence-corrected chi connectivity index (χ4v) is 1.47. The van der Waals surface area contributed by atoms with E-state index in [4.69, 9.17) is 16.7 Å². The summed E-state index contributed by atoms with van der Waals surface area (Å²) >= 11 is 8.07. The summed E-state index contributed by atoms with van der Waals surface area (Å²) in [7, 11) is 0. The molecule has 0 atom stereocenters. The van der Waals surface area contributed by atoms with Gasteiger partial charge in [0.1, 0.15) is 0 Å². The summed E-state index contributed by atoms with van der Waals surface area (Å²) in [5.41, 5.74) is -0.00744. The maximum absolute atomic E-state index is 12.6. The fourth-order valence-electron chi connectivity index (χ4n) is 0.687. The molecule has 0 aliphatic rings. The number of phenolic OH excluding ortho intramolecular Hbond substituents is 1. The SMILES string of the molecule is O=C(Cl)c1cc(F)c(O)cc1Br. The number of aromatic hydroxyl groups is 1. The van der Waals surface area contributed by atoms with E-state index in [9.17, 15) is 9.18 Å². The first-order valence-electron chi connectivity index (χ1n) is 2.90. The molecule has 0 saturated heterocycles. The van der Waals surface area contributed by atoms with Crippen molar-refractivity contribution in [2.45, 2.75) is 0 Å². The average Bonchev–Trinajstić information content (AvgIpc) is 1.96. The first-order valence-corrected chi connectivity index (χ1v) is 4.07. The van der Waals surface area contributed by atoms with Crippen molar-refractivity contribution in [2.24, 2.45) is 0 Å². The molecule has 0 spiro atoms. The number of benzene rings is 1. The summed E-state index contributed by atoms with van der Waals surface area (Å²) in [6.07, 6.45) is 0. The maximum Gasteiger partial charge on any atom is 0.253 e. The van der Waals surface area contributed by atoms with Crippen LogP contribution in [0.1, 0.15) is 10.4 Å². The summed E-state index contributed by atoms with van der Waals surface area (Å²) in [4.78, 5) is 10.6. The molecule has 0 amide bonds. The highest BCUT2D eigenvalue weighted by Crippen LogP contribution is 2.26. The van der Waals surface area contributed by atoms with Crippen LogP contribution in [0.3, 0.4) is 0 Å². The number of hydrogen-bond acceptors (Lipinski definition) is 2. The molecule has 1 rings (SSSR count). The minimum atomic E-state index is -0.873. The highest BCUT2D eigenvalue weighted by Gasteiger charge is 2.11. The van der Waals surface area contributed by atoms with Crippen molar-refractivity contribution in [3.05, 3.63) is 28.0 Å². The van der Waals surface area contributed by atoms with Gasteiger partial charge in [-0.25, -0.2) is 4.39 Å². The third-order valence-corrected chi connectivity index (χ3v) is 2.11. The zero-order chi connectivity index (χ0) is 9.30. The van der Waals surface area contributed by atoms with Gasteiger partial charge in [0.2, 0.25) is 0 Å². The summed E-state index contributed by atoms with van der Waals surface area (Å²) in [6.45, 7) is 0. The lowest BCUT2D eigenvalue weighted by Crippen LogP contribution is -1.92. The minimum absolute atomic E-state index is 0.00744. The van der Waals surface area contributed by atoms with E-state index < -0.39 is 16.8 Å². The zero-order valence-electron chi connectivity index (χ0n) is 5.64. The fraction of sp³-hybridized carbons (Fsp3) is 0. The molecule has 0 radical (unpaired) electrons. The Labute approximate surface area is 81.1 Å². The summed E-state index contributed by atoms with van der Waals surface area (Å²) in [5.74, 6) is -1.40. The Balaban J connectivity index is 3.33. The number of phenols is 1. The molecular formula is C7H3BrClFO2. The van der Waals surface area contributed by atoms with Crippen LogP contribution in [0.25, 0.3) is 0 Å². The third kappa shape index (κ3) is 1.76. The van der Waals surface area contributed by atoms with Crippen molar-refractivity contribution >= 4 is 32.8 Å². The molecule has 0 bridgehead atoms. The van der Waals surface area contributed by atoms with Crippen LogP contribution in [0.2, 0.25) is 0 Å². The van der Waals surface area contributed by atoms with Crippen molar-refractivity contribution in [3.63, 3.8) is 0 Å². The molecule has 0 saturated carbocycles. The van der Waals surface area contributed by atoms with Crippen LogP contribution in [-0.4, -0.2) is 10.3 Å². The van der Waals surface area contributed by atoms with Crippen molar-refractivity contribution in [3.8, 4) is 5.75 Å². The molecule has 1 N–H and O–H groups in total. The molecule has 0 aromatic heterocycles. The molecule has 64 valence electrons. The van der Waals surface area contributed by atoms with E-state index in [-0.39, 0.29) is 10.0 Å². The lowest BCUT2D eigenvalue weighted by Gasteiger charge is -2.00. The van der Waals surface area contributed by atoms with E-state index in [1.165, 1.54) is 0 Å². The Morgan fingerprint density at radius 2 is 2.17 bits per heavy atom. The second-order valence-corrected chi connectivity index (χ2v) is 3.25. The predicted octanol–water partition coefficient (Wildman–Crippen LogP) is 2.67. The Bertz CT molecular complexity index is 340. The molecule has 0 fully saturated rings. The highest BCUT2D eigenvalue weighted by molar-refractivity contribution is 9.10. The molecule has 5 heteroatoms. The number of carbonyl (C=O) groups is 1. The van der Waals surface area contributed by atoms with Gasteiger partial charge in [0.05, 0.1) is 5.56 Å². The van der Waals surface area contributed by atoms with Crippen molar-refractivity contribution in [1.82, 2.24) is 0 Å². The van der Waals surface area contributed by atoms with Gasteiger partial charge >= 0.3 is 0 Å². The minimum Gasteiger partial charge on any atom is -0.505 e. The Morgan fingerprint density at radius 1 is 1.58 bits per heavy atom. The predicted molar refractivity (Wildman–Crippen MR) is 45.9 cm³/mol. The number of hydrogen-bond donors (Lipinski definition) is 1. The first kappa shape index (κ1) is 9.48. The van der Waals surface area contributed by atoms with Gasteiger partial charge < -0.3 is 5.11 Å². The van der Waals surface area contributed by atoms with Crippen LogP contribution < -0.4 is 0 Å². The van der Waals surface area contributed by atoms with E-state index in [0.717, 1.165) is 12.1 Å². The summed E-state index contributed by atoms with van der Waals surface area (Å²) < 4.78 is 12.9. The number of rotatable bonds is 1. The second-order valence-electron chi connectivity index (χ2n) is 2.06. The molecule has 0 unspecified atom stereocenters. The highest BCUT2D eigenvalue weighted by atomic mass is 79.9. The molecule has 0 aliphatic carbocycles. The Morgan fingerprint density at radius 3 is 2.67 bits per heavy atom. The average molecular weight is 253 g/mol. The maximum atomic E-state index is 12.6. The normalized spacial score (nSPS) is 9.92. The van der Waals surface area contributed by atoms with Crippen molar-refractivity contribution in [1.29, 1.82) is 0 Å². The quantitative estimate of drug-likeness (QED) is 0.781. The van der Waals surface area contributed by atoms with E-state index in [1.807, 2.05) is 0 Å². The van der Waals surface area contributed by atoms with Gasteiger partial charge in [0, 0.05) is 4.47 Å². The van der Waals surface area contributed by atoms with Gasteiger partial charge in [0.15, 0.2) is 11.6 Å². The molecule has 1 aromatic rings. The van der Waals surface area contributed by atoms with Gasteiger partial charge in [-0.05, 0) is 39.7 Å². The molecule has 0 heterocycles. The molecule has 2 nitrogen and oxygen atoms in total. The third-order valence-electron chi connectivity index (χ3n) is 1.25. The Kier molecular flexibility index (Phi) is 2.69. The summed E-state index contributed by atoms with van der Waals surface area (Å²) in [5, 5.41) is 8.07. The second kappa shape index (κ2) is 3.41. The van der Waals surface area contributed by atoms with Crippen LogP contribution in [0.4, 0.5) is 4.39 Å². The van der Waals surface area contributed by atoms with Gasteiger partial charge in [-0.15, -0.1) is 0 Å². The largest absolute Gasteiger partial charge is 0.505 e. The van der Waals surface area contributed by atoms with E-state index in [2.05, 4.69) is 15.9 Å². The van der Waals surface area contributed by atoms with Gasteiger partial charge in [0.25, 0.3) is 5.24 Å². The molecule has 1 aromatic carbocycles. The van der Waals surface area contributed by atoms with Crippen LogP contribution in [0.15, 0.2) is 16.6 Å². The van der Waals surface area contributed by atoms with Crippen molar-refractivity contribution < 1.29 is 14.3 Å². The molecule has 0 aliphatic heterocycles. The standard InChI is InChI=1S/C7H3BrClFO2/c8-4-2-6(11)5(10)1-3(4)7(9)12/h1-2,11H. The van der Waals surface area contributed by atoms with E-state index in [0.29, 0.717) is 0 Å². The van der Waals surface area contributed by atoms with Gasteiger partial charge in [-0.1, -0.05) is 0 Å². The van der Waals surface area contributed by atoms with Gasteiger partial charge in [-0.3, -0.25) is 4.79 Å². The number of halogens is 3. The van der Waals surface area contributed by atoms with E-state index in [1.54, 1.807) is 0 Å². The first-order chi connectivity index (χ1) is 5.52. The van der Waals surface area contributed by atoms with E-state index >= 15 is 0 Å². The van der Waals surface area contributed by atoms with Crippen LogP contribution >= 0.6 is 27.5 Å². The lowest BCUT2D eigenvalue weighted by molar-refractivity contribution is 0.108. The zero-order valence-corrected chi connectivity index (χ0v) is 7.99. The monoisotopic (exact) mass is 252 g/mol. The lowest BCUT2D eigenvalue weighted by atomic mass is 10.2. The molecule has 12 heavy (non-hydrogen) atoms. The van der Waals surface area contributed by atoms with Crippen LogP contribution in [-0.2, 0) is 0 Å². The molecular weight excluding hydrogens is 250 g/mol. The van der Waals surface area contributed by atoms with Crippen LogP contribution in [0.5, 0.6) is 5.75 Å². The van der Waals surface area contributed by atoms with Gasteiger partial charge in [-0.2, -0.15) is 0 Å². The number of carbonyl (C=O) groups excluding carboxylic acids is 1. The van der Waals surface area contributed by atoms with Crippen LogP contribution in [0, 0.1) is 5.82 Å². The Hall–Kier alpha value is -0.610. The van der Waals surface area contributed by atoms with Crippen molar-refractivity contribution in [2.75, 3.05) is 0 Å². The summed E-state index contributed by atoms with van der Waals surface area (Å²) in [6, 6.07) is 1.94. The smallest absolute Gasteiger partial charge is 0.253 e. The topological polar surface area (TPSA) is 37.3 Å².